The number of piperazine rings is 1. The van der Waals surface area contributed by atoms with Crippen molar-refractivity contribution in [2.24, 2.45) is 17.8 Å². The van der Waals surface area contributed by atoms with Crippen molar-refractivity contribution in [3.63, 3.8) is 0 Å². The fourth-order valence-corrected chi connectivity index (χ4v) is 7.15. The molecule has 44 heavy (non-hydrogen) atoms. The van der Waals surface area contributed by atoms with Crippen LogP contribution in [0, 0.1) is 17.8 Å². The van der Waals surface area contributed by atoms with E-state index in [1.165, 1.54) is 0 Å². The van der Waals surface area contributed by atoms with Crippen LogP contribution in [0.1, 0.15) is 48.3 Å². The molecule has 3 N–H and O–H groups in total. The molecule has 5 heterocycles. The number of likely N-dealkylation sites (tertiary alicyclic amines) is 2. The van der Waals surface area contributed by atoms with E-state index in [9.17, 15) is 14.4 Å². The monoisotopic (exact) mass is 610 g/mol. The molecule has 4 saturated heterocycles. The molecule has 11 heteroatoms. The number of nitrogen functional groups attached to an aromatic ring is 1. The van der Waals surface area contributed by atoms with E-state index < -0.39 is 0 Å². The zero-order valence-electron chi connectivity index (χ0n) is 26.7. The van der Waals surface area contributed by atoms with Crippen LogP contribution in [0.15, 0.2) is 41.9 Å². The molecule has 5 rings (SSSR count). The zero-order valence-corrected chi connectivity index (χ0v) is 26.7. The van der Waals surface area contributed by atoms with E-state index in [1.807, 2.05) is 31.3 Å². The number of allylic oxidation sites excluding steroid dienone is 2. The van der Waals surface area contributed by atoms with Crippen molar-refractivity contribution in [2.45, 2.75) is 45.4 Å². The number of nitrogens with two attached hydrogens (primary N) is 1. The smallest absolute Gasteiger partial charge is 0.234 e. The summed E-state index contributed by atoms with van der Waals surface area (Å²) >= 11 is 0. The Morgan fingerprint density at radius 3 is 2.30 bits per heavy atom. The quantitative estimate of drug-likeness (QED) is 0.338. The van der Waals surface area contributed by atoms with E-state index in [-0.39, 0.29) is 26.5 Å². The number of rotatable bonds is 8. The first-order valence-corrected chi connectivity index (χ1v) is 16.3. The van der Waals surface area contributed by atoms with Crippen LogP contribution >= 0.6 is 0 Å². The lowest BCUT2D eigenvalue weighted by atomic mass is 9.89. The van der Waals surface area contributed by atoms with Crippen molar-refractivity contribution in [2.75, 3.05) is 83.6 Å². The van der Waals surface area contributed by atoms with Crippen LogP contribution < -0.4 is 16.0 Å². The number of pyridine rings is 1. The van der Waals surface area contributed by atoms with Crippen LogP contribution in [-0.2, 0) is 14.4 Å². The lowest BCUT2D eigenvalue weighted by Gasteiger charge is -2.41. The Labute approximate surface area is 265 Å². The number of piperidine rings is 3. The van der Waals surface area contributed by atoms with Gasteiger partial charge in [0.05, 0.1) is 17.8 Å². The molecule has 244 valence electrons. The van der Waals surface area contributed by atoms with Crippen molar-refractivity contribution < 1.29 is 17.2 Å². The molecule has 1 aromatic heterocycles. The topological polar surface area (TPSA) is 118 Å². The summed E-state index contributed by atoms with van der Waals surface area (Å²) in [5.41, 5.74) is 7.76. The molecule has 0 radical (unpaired) electrons. The van der Waals surface area contributed by atoms with Gasteiger partial charge in [-0.2, -0.15) is 0 Å². The van der Waals surface area contributed by atoms with Crippen LogP contribution in [0.3, 0.4) is 0 Å². The van der Waals surface area contributed by atoms with E-state index >= 15 is 0 Å². The van der Waals surface area contributed by atoms with E-state index in [1.54, 1.807) is 0 Å². The van der Waals surface area contributed by atoms with E-state index in [2.05, 4.69) is 55.0 Å². The van der Waals surface area contributed by atoms with Gasteiger partial charge in [-0.05, 0) is 81.8 Å². The molecule has 3 amide bonds. The second-order valence-corrected chi connectivity index (χ2v) is 12.9. The second-order valence-electron chi connectivity index (χ2n) is 12.9. The molecule has 0 bridgehead atoms. The summed E-state index contributed by atoms with van der Waals surface area (Å²) < 4.78 is 0. The molecule has 11 nitrogen and oxygen atoms in total. The third-order valence-corrected chi connectivity index (χ3v) is 9.85. The van der Waals surface area contributed by atoms with Crippen molar-refractivity contribution in [1.29, 1.82) is 0 Å². The number of aromatic nitrogens is 1. The number of carbonyl (C=O) groups is 3. The lowest BCUT2D eigenvalue weighted by Crippen LogP contribution is -2.52. The number of hydrogen-bond acceptors (Lipinski definition) is 9. The van der Waals surface area contributed by atoms with E-state index in [4.69, 9.17) is 5.73 Å². The number of hydrogen-bond donors (Lipinski definition) is 2. The molecular formula is C33H54N8O3. The summed E-state index contributed by atoms with van der Waals surface area (Å²) in [6.45, 7) is 10.2. The molecule has 1 aromatic rings. The standard InChI is InChI=1S/C33H50N8O3.2H2/c1-4-25(28-6-8-30(42)36-32(28)43)21-31(37(2)3)40-15-9-24(10-16-40)23-38-13-11-26(12-14-38)33(44)41-19-17-39(18-20-41)27-5-7-29(34)35-22-27;;/h4-5,7,21-22,24,26,28H,6,8-20,23H2,1-3H3,(H2,34,35)(H,36,42,43);2*1H/b25-4+,31-21+;;. The SMILES string of the molecule is C/C=C(\C=C(/N(C)C)N1CCC(CN2CCC(C(=O)N3CCN(c4ccc(N)nc4)CC3)CC2)CC1)C1CCC(=O)NC1=O.[HH].[HH]. The fourth-order valence-electron chi connectivity index (χ4n) is 7.15. The third kappa shape index (κ3) is 7.72. The van der Waals surface area contributed by atoms with Crippen molar-refractivity contribution >= 4 is 29.2 Å². The van der Waals surface area contributed by atoms with Gasteiger partial charge in [0.2, 0.25) is 17.7 Å². The van der Waals surface area contributed by atoms with Gasteiger partial charge < -0.3 is 30.2 Å². The normalized spacial score (nSPS) is 23.6. The molecule has 0 aromatic carbocycles. The first-order valence-electron chi connectivity index (χ1n) is 16.3. The van der Waals surface area contributed by atoms with Crippen molar-refractivity contribution in [3.05, 3.63) is 41.9 Å². The maximum absolute atomic E-state index is 13.3. The first-order chi connectivity index (χ1) is 21.2. The number of anilines is 2. The van der Waals surface area contributed by atoms with Gasteiger partial charge in [0.25, 0.3) is 0 Å². The molecule has 4 aliphatic heterocycles. The second kappa shape index (κ2) is 14.5. The Bertz CT molecular complexity index is 1230. The Balaban J connectivity index is 0.00000288. The third-order valence-electron chi connectivity index (χ3n) is 9.85. The number of amides is 3. The number of nitrogens with one attached hydrogen (secondary N) is 1. The highest BCUT2D eigenvalue weighted by atomic mass is 16.2. The summed E-state index contributed by atoms with van der Waals surface area (Å²) in [5.74, 6) is 2.10. The van der Waals surface area contributed by atoms with E-state index in [0.29, 0.717) is 30.5 Å². The van der Waals surface area contributed by atoms with Crippen molar-refractivity contribution in [3.8, 4) is 0 Å². The van der Waals surface area contributed by atoms with Crippen LogP contribution in [-0.4, -0.2) is 115 Å². The summed E-state index contributed by atoms with van der Waals surface area (Å²) in [5, 5.41) is 2.50. The Morgan fingerprint density at radius 1 is 1.00 bits per heavy atom. The lowest BCUT2D eigenvalue weighted by molar-refractivity contribution is -0.137. The van der Waals surface area contributed by atoms with Gasteiger partial charge in [-0.1, -0.05) is 6.08 Å². The first kappa shape index (κ1) is 31.8. The largest absolute Gasteiger partial charge is 0.384 e. The highest BCUT2D eigenvalue weighted by molar-refractivity contribution is 6.00. The number of imide groups is 1. The van der Waals surface area contributed by atoms with Crippen molar-refractivity contribution in [1.82, 2.24) is 29.9 Å². The number of nitrogens with zero attached hydrogens (tertiary/aromatic N) is 6. The van der Waals surface area contributed by atoms with Gasteiger partial charge in [-0.15, -0.1) is 0 Å². The molecule has 0 aliphatic carbocycles. The Kier molecular flexibility index (Phi) is 10.5. The van der Waals surface area contributed by atoms with E-state index in [0.717, 1.165) is 102 Å². The minimum Gasteiger partial charge on any atom is -0.384 e. The Hall–Kier alpha value is -3.60. The van der Waals surface area contributed by atoms with Crippen LogP contribution in [0.4, 0.5) is 11.5 Å². The molecular weight excluding hydrogens is 556 g/mol. The van der Waals surface area contributed by atoms with Gasteiger partial charge in [0, 0.05) is 75.1 Å². The molecule has 0 spiro atoms. The zero-order chi connectivity index (χ0) is 31.2. The predicted molar refractivity (Wildman–Crippen MR) is 177 cm³/mol. The average molecular weight is 611 g/mol. The molecule has 4 fully saturated rings. The summed E-state index contributed by atoms with van der Waals surface area (Å²) in [4.78, 5) is 53.2. The van der Waals surface area contributed by atoms with Crippen LogP contribution in [0.25, 0.3) is 0 Å². The Morgan fingerprint density at radius 2 is 1.70 bits per heavy atom. The minimum atomic E-state index is -0.281. The van der Waals surface area contributed by atoms with Gasteiger partial charge in [-0.25, -0.2) is 4.98 Å². The van der Waals surface area contributed by atoms with Gasteiger partial charge >= 0.3 is 0 Å². The fraction of sp³-hybridized carbons (Fsp3) is 0.636. The average Bonchev–Trinajstić information content (AvgIpc) is 3.03. The summed E-state index contributed by atoms with van der Waals surface area (Å²) in [7, 11) is 4.11. The van der Waals surface area contributed by atoms with Gasteiger partial charge in [0.15, 0.2) is 0 Å². The predicted octanol–water partition coefficient (Wildman–Crippen LogP) is 2.63. The summed E-state index contributed by atoms with van der Waals surface area (Å²) in [6.07, 6.45) is 11.0. The molecule has 4 aliphatic rings. The molecule has 1 atom stereocenters. The van der Waals surface area contributed by atoms with Gasteiger partial charge in [0.1, 0.15) is 11.6 Å². The molecule has 0 saturated carbocycles. The maximum atomic E-state index is 13.3. The highest BCUT2D eigenvalue weighted by Gasteiger charge is 2.33. The highest BCUT2D eigenvalue weighted by Crippen LogP contribution is 2.29. The summed E-state index contributed by atoms with van der Waals surface area (Å²) in [6, 6.07) is 3.83. The number of carbonyl (C=O) groups excluding carboxylic acids is 3. The van der Waals surface area contributed by atoms with Crippen LogP contribution in [0.5, 0.6) is 0 Å². The molecule has 1 unspecified atom stereocenters. The minimum absolute atomic E-state index is 0. The van der Waals surface area contributed by atoms with Gasteiger partial charge in [-0.3, -0.25) is 19.7 Å². The van der Waals surface area contributed by atoms with Crippen LogP contribution in [0.2, 0.25) is 0 Å². The maximum Gasteiger partial charge on any atom is 0.234 e.